The van der Waals surface area contributed by atoms with Gasteiger partial charge in [0.1, 0.15) is 0 Å². The van der Waals surface area contributed by atoms with Crippen molar-refractivity contribution in [1.82, 2.24) is 0 Å². The summed E-state index contributed by atoms with van der Waals surface area (Å²) in [6, 6.07) is 3.67. The van der Waals surface area contributed by atoms with Crippen LogP contribution in [0.3, 0.4) is 0 Å². The molecule has 2 aliphatic carbocycles. The lowest BCUT2D eigenvalue weighted by Gasteiger charge is -2.27. The minimum Gasteiger partial charge on any atom is -0.203 e. The van der Waals surface area contributed by atoms with Crippen LogP contribution in [0.1, 0.15) is 88.2 Å². The molecule has 26 heavy (non-hydrogen) atoms. The highest BCUT2D eigenvalue weighted by Gasteiger charge is 2.27. The van der Waals surface area contributed by atoms with Crippen molar-refractivity contribution in [2.75, 3.05) is 0 Å². The molecule has 2 heteroatoms. The van der Waals surface area contributed by atoms with E-state index in [0.29, 0.717) is 23.0 Å². The number of allylic oxidation sites excluding steroid dienone is 2. The van der Waals surface area contributed by atoms with Crippen LogP contribution in [0.5, 0.6) is 0 Å². The van der Waals surface area contributed by atoms with Crippen molar-refractivity contribution in [2.45, 2.75) is 77.0 Å². The molecule has 0 saturated heterocycles. The number of hydrogen-bond donors (Lipinski definition) is 0. The second-order valence-electron chi connectivity index (χ2n) is 7.83. The molecule has 2 unspecified atom stereocenters. The lowest BCUT2D eigenvalue weighted by molar-refractivity contribution is 0.370. The topological polar surface area (TPSA) is 0 Å². The Kier molecular flexibility index (Phi) is 6.52. The molecule has 3 rings (SSSR count). The summed E-state index contributed by atoms with van der Waals surface area (Å²) in [6.07, 6.45) is 12.0. The first kappa shape index (κ1) is 19.2. The van der Waals surface area contributed by atoms with E-state index >= 15 is 0 Å². The van der Waals surface area contributed by atoms with Crippen LogP contribution >= 0.6 is 0 Å². The molecule has 1 aromatic carbocycles. The third-order valence-electron chi connectivity index (χ3n) is 6.18. The average Bonchev–Trinajstić information content (AvgIpc) is 2.69. The summed E-state index contributed by atoms with van der Waals surface area (Å²) in [7, 11) is 0. The van der Waals surface area contributed by atoms with Crippen LogP contribution in [0.25, 0.3) is 0 Å². The molecule has 0 radical (unpaired) electrons. The molecule has 0 aliphatic heterocycles. The standard InChI is InChI=1S/C24H30F2/c1-3-5-6-18-9-13-20(14-10-18)22-16-15-21(23(25)24(22)26)19-11-7-17(4-2)8-12-19/h7,11,15-20H,3-4,8-10,12-14H2,1-2H3. The largest absolute Gasteiger partial charge is 0.203 e. The first-order valence-corrected chi connectivity index (χ1v) is 10.3. The second-order valence-corrected chi connectivity index (χ2v) is 7.83. The maximum absolute atomic E-state index is 14.8. The summed E-state index contributed by atoms with van der Waals surface area (Å²) in [6.45, 7) is 4.23. The summed E-state index contributed by atoms with van der Waals surface area (Å²) in [5.41, 5.74) is 1.10. The van der Waals surface area contributed by atoms with Crippen molar-refractivity contribution in [3.05, 3.63) is 47.0 Å². The Bertz CT molecular complexity index is 699. The van der Waals surface area contributed by atoms with E-state index in [4.69, 9.17) is 0 Å². The normalized spacial score (nSPS) is 28.5. The van der Waals surface area contributed by atoms with Gasteiger partial charge in [-0.05, 0) is 67.9 Å². The minimum atomic E-state index is -0.625. The van der Waals surface area contributed by atoms with Gasteiger partial charge in [0.15, 0.2) is 11.6 Å². The Morgan fingerprint density at radius 2 is 1.58 bits per heavy atom. The molecule has 0 nitrogen and oxygen atoms in total. The van der Waals surface area contributed by atoms with E-state index in [2.05, 4.69) is 37.8 Å². The fourth-order valence-electron chi connectivity index (χ4n) is 4.45. The van der Waals surface area contributed by atoms with E-state index in [9.17, 15) is 8.78 Å². The van der Waals surface area contributed by atoms with E-state index in [1.807, 2.05) is 12.1 Å². The quantitative estimate of drug-likeness (QED) is 0.400. The average molecular weight is 357 g/mol. The van der Waals surface area contributed by atoms with Crippen LogP contribution in [0, 0.1) is 35.3 Å². The molecule has 0 aromatic heterocycles. The summed E-state index contributed by atoms with van der Waals surface area (Å²) < 4.78 is 29.6. The number of rotatable bonds is 3. The van der Waals surface area contributed by atoms with E-state index in [0.717, 1.165) is 51.4 Å². The highest BCUT2D eigenvalue weighted by atomic mass is 19.2. The zero-order valence-corrected chi connectivity index (χ0v) is 16.0. The van der Waals surface area contributed by atoms with Gasteiger partial charge in [0.25, 0.3) is 0 Å². The van der Waals surface area contributed by atoms with E-state index in [1.54, 1.807) is 0 Å². The number of benzene rings is 1. The minimum absolute atomic E-state index is 0.0152. The van der Waals surface area contributed by atoms with E-state index < -0.39 is 11.6 Å². The van der Waals surface area contributed by atoms with Gasteiger partial charge in [0.2, 0.25) is 0 Å². The third kappa shape index (κ3) is 4.20. The van der Waals surface area contributed by atoms with Crippen LogP contribution in [-0.4, -0.2) is 0 Å². The maximum atomic E-state index is 14.8. The highest BCUT2D eigenvalue weighted by Crippen LogP contribution is 2.39. The summed E-state index contributed by atoms with van der Waals surface area (Å²) in [4.78, 5) is 0. The molecule has 0 spiro atoms. The van der Waals surface area contributed by atoms with Crippen LogP contribution < -0.4 is 0 Å². The SMILES string of the molecule is CCC#CC1CCC(c2ccc(C3C=CC(CC)CC3)c(F)c2F)CC1. The van der Waals surface area contributed by atoms with Crippen molar-refractivity contribution in [3.63, 3.8) is 0 Å². The van der Waals surface area contributed by atoms with Gasteiger partial charge in [-0.3, -0.25) is 0 Å². The van der Waals surface area contributed by atoms with E-state index in [-0.39, 0.29) is 11.8 Å². The van der Waals surface area contributed by atoms with Crippen LogP contribution in [0.2, 0.25) is 0 Å². The fraction of sp³-hybridized carbons (Fsp3) is 0.583. The maximum Gasteiger partial charge on any atom is 0.162 e. The van der Waals surface area contributed by atoms with Crippen molar-refractivity contribution in [2.24, 2.45) is 11.8 Å². The zero-order chi connectivity index (χ0) is 18.5. The van der Waals surface area contributed by atoms with Crippen molar-refractivity contribution in [3.8, 4) is 11.8 Å². The number of halogens is 2. The first-order chi connectivity index (χ1) is 12.6. The molecule has 2 atom stereocenters. The Balaban J connectivity index is 1.72. The Morgan fingerprint density at radius 1 is 0.885 bits per heavy atom. The fourth-order valence-corrected chi connectivity index (χ4v) is 4.45. The summed E-state index contributed by atoms with van der Waals surface area (Å²) in [5.74, 6) is 6.38. The van der Waals surface area contributed by atoms with Crippen molar-refractivity contribution < 1.29 is 8.78 Å². The van der Waals surface area contributed by atoms with Gasteiger partial charge in [-0.15, -0.1) is 5.92 Å². The molecule has 0 N–H and O–H groups in total. The highest BCUT2D eigenvalue weighted by molar-refractivity contribution is 5.34. The lowest BCUT2D eigenvalue weighted by atomic mass is 9.77. The predicted molar refractivity (Wildman–Crippen MR) is 104 cm³/mol. The van der Waals surface area contributed by atoms with Gasteiger partial charge >= 0.3 is 0 Å². The van der Waals surface area contributed by atoms with Crippen LogP contribution in [0.4, 0.5) is 8.78 Å². The molecule has 1 saturated carbocycles. The molecular formula is C24H30F2. The van der Waals surface area contributed by atoms with Gasteiger partial charge in [-0.25, -0.2) is 8.78 Å². The predicted octanol–water partition coefficient (Wildman–Crippen LogP) is 7.11. The molecule has 2 aliphatic rings. The monoisotopic (exact) mass is 356 g/mol. The second kappa shape index (κ2) is 8.85. The first-order valence-electron chi connectivity index (χ1n) is 10.3. The van der Waals surface area contributed by atoms with Gasteiger partial charge in [-0.1, -0.05) is 44.1 Å². The smallest absolute Gasteiger partial charge is 0.162 e. The Morgan fingerprint density at radius 3 is 2.19 bits per heavy atom. The molecule has 1 aromatic rings. The van der Waals surface area contributed by atoms with Gasteiger partial charge in [-0.2, -0.15) is 0 Å². The van der Waals surface area contributed by atoms with Gasteiger partial charge in [0, 0.05) is 18.3 Å². The number of hydrogen-bond acceptors (Lipinski definition) is 0. The molecule has 0 amide bonds. The zero-order valence-electron chi connectivity index (χ0n) is 16.0. The summed E-state index contributed by atoms with van der Waals surface area (Å²) >= 11 is 0. The van der Waals surface area contributed by atoms with Crippen molar-refractivity contribution in [1.29, 1.82) is 0 Å². The molecule has 140 valence electrons. The van der Waals surface area contributed by atoms with Gasteiger partial charge in [0.05, 0.1) is 0 Å². The Hall–Kier alpha value is -1.62. The van der Waals surface area contributed by atoms with Crippen LogP contribution in [0.15, 0.2) is 24.3 Å². The van der Waals surface area contributed by atoms with Crippen LogP contribution in [-0.2, 0) is 0 Å². The molecule has 0 heterocycles. The lowest BCUT2D eigenvalue weighted by Crippen LogP contribution is -2.15. The molecule has 0 bridgehead atoms. The summed E-state index contributed by atoms with van der Waals surface area (Å²) in [5, 5.41) is 0. The third-order valence-corrected chi connectivity index (χ3v) is 6.18. The van der Waals surface area contributed by atoms with Gasteiger partial charge < -0.3 is 0 Å². The molecular weight excluding hydrogens is 326 g/mol. The van der Waals surface area contributed by atoms with Crippen molar-refractivity contribution >= 4 is 0 Å². The van der Waals surface area contributed by atoms with E-state index in [1.165, 1.54) is 0 Å². The Labute approximate surface area is 157 Å². The molecule has 1 fully saturated rings.